The van der Waals surface area contributed by atoms with E-state index in [0.29, 0.717) is 12.1 Å². The van der Waals surface area contributed by atoms with E-state index < -0.39 is 21.2 Å². The van der Waals surface area contributed by atoms with Crippen LogP contribution in [0.1, 0.15) is 28.4 Å². The molecular formula is C14H15IN2O4S. The normalized spacial score (nSPS) is 11.6. The molecule has 0 saturated heterocycles. The maximum absolute atomic E-state index is 12.6. The zero-order valence-corrected chi connectivity index (χ0v) is 15.1. The van der Waals surface area contributed by atoms with Gasteiger partial charge in [-0.15, -0.1) is 0 Å². The van der Waals surface area contributed by atoms with Gasteiger partial charge in [-0.2, -0.15) is 0 Å². The highest BCUT2D eigenvalue weighted by molar-refractivity contribution is 14.1. The largest absolute Gasteiger partial charge is 0.302 e. The molecule has 2 rings (SSSR count). The monoisotopic (exact) mass is 434 g/mol. The van der Waals surface area contributed by atoms with Crippen LogP contribution < -0.4 is 5.56 Å². The molecule has 0 saturated carbocycles. The molecule has 0 atom stereocenters. The number of aryl methyl sites for hydroxylation is 1. The van der Waals surface area contributed by atoms with Gasteiger partial charge in [0.15, 0.2) is 15.6 Å². The number of nitrogens with one attached hydrogen (secondary N) is 1. The summed E-state index contributed by atoms with van der Waals surface area (Å²) in [5.41, 5.74) is 0.252. The number of benzene rings is 1. The van der Waals surface area contributed by atoms with Crippen LogP contribution in [0.25, 0.3) is 0 Å². The van der Waals surface area contributed by atoms with Crippen LogP contribution >= 0.6 is 22.6 Å². The molecule has 8 heteroatoms. The molecule has 118 valence electrons. The topological polar surface area (TPSA) is 89.0 Å². The van der Waals surface area contributed by atoms with Gasteiger partial charge in [0.25, 0.3) is 5.56 Å². The average molecular weight is 434 g/mol. The summed E-state index contributed by atoms with van der Waals surface area (Å²) in [6, 6.07) is 4.93. The van der Waals surface area contributed by atoms with Gasteiger partial charge in [0, 0.05) is 28.1 Å². The number of halogens is 1. The Morgan fingerprint density at radius 1 is 1.32 bits per heavy atom. The van der Waals surface area contributed by atoms with Crippen LogP contribution in [-0.4, -0.2) is 30.2 Å². The molecule has 0 spiro atoms. The summed E-state index contributed by atoms with van der Waals surface area (Å²) in [5.74, 6) is -0.708. The van der Waals surface area contributed by atoms with Gasteiger partial charge < -0.3 is 5.10 Å². The molecule has 0 aliphatic carbocycles. The van der Waals surface area contributed by atoms with E-state index in [9.17, 15) is 18.0 Å². The van der Waals surface area contributed by atoms with E-state index in [4.69, 9.17) is 0 Å². The number of nitrogens with zero attached hydrogens (tertiary/aromatic N) is 1. The molecule has 6 nitrogen and oxygen atoms in total. The Hall–Kier alpha value is -1.42. The average Bonchev–Trinajstić information content (AvgIpc) is 2.77. The molecule has 0 unspecified atom stereocenters. The summed E-state index contributed by atoms with van der Waals surface area (Å²) in [6.45, 7) is 2.21. The van der Waals surface area contributed by atoms with Crippen molar-refractivity contribution in [3.63, 3.8) is 0 Å². The maximum Gasteiger partial charge on any atom is 0.277 e. The molecule has 0 bridgehead atoms. The van der Waals surface area contributed by atoms with Gasteiger partial charge in [-0.3, -0.25) is 14.3 Å². The van der Waals surface area contributed by atoms with Crippen molar-refractivity contribution in [3.05, 3.63) is 55.0 Å². The third-order valence-corrected chi connectivity index (χ3v) is 4.64. The van der Waals surface area contributed by atoms with Crippen LogP contribution in [0.15, 0.2) is 29.2 Å². The summed E-state index contributed by atoms with van der Waals surface area (Å²) < 4.78 is 25.3. The Bertz CT molecular complexity index is 880. The molecule has 0 radical (unpaired) electrons. The summed E-state index contributed by atoms with van der Waals surface area (Å²) in [7, 11) is -3.29. The molecule has 1 heterocycles. The molecule has 1 aromatic heterocycles. The number of ketones is 1. The SMILES string of the molecule is CCn1[nH]cc(C(=O)c2ccc(I)cc2CS(C)(=O)=O)c1=O. The second-order valence-electron chi connectivity index (χ2n) is 4.94. The Morgan fingerprint density at radius 2 is 2.00 bits per heavy atom. The van der Waals surface area contributed by atoms with E-state index in [2.05, 4.69) is 27.7 Å². The van der Waals surface area contributed by atoms with Crippen molar-refractivity contribution in [1.82, 2.24) is 9.78 Å². The lowest BCUT2D eigenvalue weighted by molar-refractivity contribution is 0.103. The fraction of sp³-hybridized carbons (Fsp3) is 0.286. The van der Waals surface area contributed by atoms with E-state index in [-0.39, 0.29) is 16.9 Å². The summed E-state index contributed by atoms with van der Waals surface area (Å²) in [4.78, 5) is 24.7. The van der Waals surface area contributed by atoms with Gasteiger partial charge in [-0.05, 0) is 53.3 Å². The minimum Gasteiger partial charge on any atom is -0.302 e. The number of hydrogen-bond donors (Lipinski definition) is 1. The molecule has 22 heavy (non-hydrogen) atoms. The first-order chi connectivity index (χ1) is 10.2. The Labute approximate surface area is 141 Å². The molecule has 1 N–H and O–H groups in total. The number of rotatable bonds is 5. The van der Waals surface area contributed by atoms with Gasteiger partial charge in [0.05, 0.1) is 5.75 Å². The minimum absolute atomic E-state index is 0.0119. The second kappa shape index (κ2) is 6.37. The lowest BCUT2D eigenvalue weighted by Crippen LogP contribution is -2.22. The first-order valence-electron chi connectivity index (χ1n) is 6.52. The smallest absolute Gasteiger partial charge is 0.277 e. The molecule has 0 amide bonds. The van der Waals surface area contributed by atoms with Crippen molar-refractivity contribution in [1.29, 1.82) is 0 Å². The molecule has 0 aliphatic rings. The van der Waals surface area contributed by atoms with Crippen LogP contribution in [-0.2, 0) is 22.1 Å². The third-order valence-electron chi connectivity index (χ3n) is 3.13. The molecule has 0 fully saturated rings. The van der Waals surface area contributed by atoms with Crippen LogP contribution in [0.3, 0.4) is 0 Å². The zero-order chi connectivity index (χ0) is 16.5. The van der Waals surface area contributed by atoms with E-state index in [0.717, 1.165) is 9.83 Å². The van der Waals surface area contributed by atoms with Gasteiger partial charge in [0.1, 0.15) is 5.56 Å². The number of aromatic nitrogens is 2. The number of sulfone groups is 1. The van der Waals surface area contributed by atoms with Crippen molar-refractivity contribution in [2.24, 2.45) is 0 Å². The quantitative estimate of drug-likeness (QED) is 0.572. The number of carbonyl (C=O) groups is 1. The van der Waals surface area contributed by atoms with Crippen LogP contribution in [0, 0.1) is 3.57 Å². The predicted molar refractivity (Wildman–Crippen MR) is 91.9 cm³/mol. The zero-order valence-electron chi connectivity index (χ0n) is 12.1. The van der Waals surface area contributed by atoms with Crippen LogP contribution in [0.2, 0.25) is 0 Å². The van der Waals surface area contributed by atoms with Crippen molar-refractivity contribution in [2.75, 3.05) is 6.26 Å². The lowest BCUT2D eigenvalue weighted by Gasteiger charge is -2.07. The van der Waals surface area contributed by atoms with Gasteiger partial charge in [-0.1, -0.05) is 0 Å². The standard InChI is InChI=1S/C14H15IN2O4S/c1-3-17-14(19)12(7-16-17)13(18)11-5-4-10(15)6-9(11)8-22(2,20)21/h4-7,16H,3,8H2,1-2H3. The number of aromatic amines is 1. The Balaban J connectivity index is 2.54. The van der Waals surface area contributed by atoms with E-state index in [1.165, 1.54) is 10.9 Å². The summed E-state index contributed by atoms with van der Waals surface area (Å²) in [5, 5.41) is 2.72. The molecule has 2 aromatic rings. The van der Waals surface area contributed by atoms with E-state index >= 15 is 0 Å². The number of carbonyl (C=O) groups excluding carboxylic acids is 1. The molecule has 0 aliphatic heterocycles. The predicted octanol–water partition coefficient (Wildman–Crippen LogP) is 1.58. The maximum atomic E-state index is 12.6. The van der Waals surface area contributed by atoms with Gasteiger partial charge in [-0.25, -0.2) is 8.42 Å². The Morgan fingerprint density at radius 3 is 2.55 bits per heavy atom. The van der Waals surface area contributed by atoms with Crippen molar-refractivity contribution < 1.29 is 13.2 Å². The molecule has 1 aromatic carbocycles. The second-order valence-corrected chi connectivity index (χ2v) is 8.32. The highest BCUT2D eigenvalue weighted by Gasteiger charge is 2.20. The van der Waals surface area contributed by atoms with Gasteiger partial charge in [0.2, 0.25) is 0 Å². The van der Waals surface area contributed by atoms with Crippen molar-refractivity contribution in [2.45, 2.75) is 19.2 Å². The van der Waals surface area contributed by atoms with Crippen LogP contribution in [0.4, 0.5) is 0 Å². The number of hydrogen-bond acceptors (Lipinski definition) is 4. The van der Waals surface area contributed by atoms with Crippen molar-refractivity contribution >= 4 is 38.2 Å². The van der Waals surface area contributed by atoms with Crippen molar-refractivity contribution in [3.8, 4) is 0 Å². The van der Waals surface area contributed by atoms with Crippen LogP contribution in [0.5, 0.6) is 0 Å². The number of H-pyrrole nitrogens is 1. The summed E-state index contributed by atoms with van der Waals surface area (Å²) >= 11 is 2.05. The first kappa shape index (κ1) is 16.9. The van der Waals surface area contributed by atoms with E-state index in [1.807, 2.05) is 0 Å². The van der Waals surface area contributed by atoms with Gasteiger partial charge >= 0.3 is 0 Å². The van der Waals surface area contributed by atoms with E-state index in [1.54, 1.807) is 25.1 Å². The molecular weight excluding hydrogens is 419 g/mol. The fourth-order valence-corrected chi connectivity index (χ4v) is 3.50. The Kier molecular flexibility index (Phi) is 4.90. The lowest BCUT2D eigenvalue weighted by atomic mass is 10.0. The fourth-order valence-electron chi connectivity index (χ4n) is 2.14. The minimum atomic E-state index is -3.29. The first-order valence-corrected chi connectivity index (χ1v) is 9.66. The highest BCUT2D eigenvalue weighted by Crippen LogP contribution is 2.19. The highest BCUT2D eigenvalue weighted by atomic mass is 127. The third kappa shape index (κ3) is 3.67. The summed E-state index contributed by atoms with van der Waals surface area (Å²) in [6.07, 6.45) is 2.47.